The molecule has 3 atom stereocenters. The van der Waals surface area contributed by atoms with E-state index in [9.17, 15) is 53.1 Å². The van der Waals surface area contributed by atoms with Crippen LogP contribution in [0.2, 0.25) is 0 Å². The number of aliphatic carboxylic acids is 1. The maximum absolute atomic E-state index is 15.8. The minimum Gasteiger partial charge on any atom is -0.481 e. The van der Waals surface area contributed by atoms with Crippen LogP contribution in [0.15, 0.2) is 72.8 Å². The van der Waals surface area contributed by atoms with Gasteiger partial charge in [-0.05, 0) is 217 Å². The molecule has 4 aromatic carbocycles. The highest BCUT2D eigenvalue weighted by Crippen LogP contribution is 2.40. The Bertz CT molecular complexity index is 4180. The van der Waals surface area contributed by atoms with Gasteiger partial charge in [-0.3, -0.25) is 47.9 Å². The summed E-state index contributed by atoms with van der Waals surface area (Å²) in [4.78, 5) is 133. The predicted octanol–water partition coefficient (Wildman–Crippen LogP) is 4.91. The van der Waals surface area contributed by atoms with Gasteiger partial charge in [-0.25, -0.2) is 17.6 Å². The van der Waals surface area contributed by atoms with E-state index in [4.69, 9.17) is 37.2 Å². The molecule has 0 aromatic heterocycles. The van der Waals surface area contributed by atoms with Gasteiger partial charge in [0, 0.05) is 96.2 Å². The SMILES string of the molecule is CC1(C)OB(c2ccc(C(=O)NCCCC[C@H](NC(=O)c3ccc(B4OC(C)(C)C(C)(C)O4)c(F)c3)C(=O)NCCC(=O)NCCCC[C@H](NC(=O)CCNC(=O)[C@H](CCCCNC(=O)c3ccc(B4OC(C)(C)C(C)(C)O4)c(F)c3)NC(=O)c3ccc(B4OC(C)(C)C(C)(C)O4)c(F)c3)C(=O)NCCC(=O)O)cc2F)OC1(C)C. The van der Waals surface area contributed by atoms with Crippen molar-refractivity contribution in [3.8, 4) is 0 Å². The van der Waals surface area contributed by atoms with Crippen LogP contribution >= 0.6 is 0 Å². The number of unbranched alkanes of at least 4 members (excludes halogenated alkanes) is 3. The Morgan fingerprint density at radius 1 is 0.313 bits per heavy atom. The number of rotatable bonds is 38. The highest BCUT2D eigenvalue weighted by Gasteiger charge is 2.56. The van der Waals surface area contributed by atoms with E-state index in [-0.39, 0.29) is 148 Å². The molecule has 4 heterocycles. The Labute approximate surface area is 670 Å². The van der Waals surface area contributed by atoms with Gasteiger partial charge in [0.25, 0.3) is 23.6 Å². The lowest BCUT2D eigenvalue weighted by molar-refractivity contribution is -0.137. The van der Waals surface area contributed by atoms with E-state index in [0.717, 1.165) is 24.3 Å². The molecule has 0 unspecified atom stereocenters. The summed E-state index contributed by atoms with van der Waals surface area (Å²) in [5, 5.41) is 33.2. The van der Waals surface area contributed by atoms with Crippen molar-refractivity contribution >= 4 is 109 Å². The second kappa shape index (κ2) is 38.1. The molecule has 624 valence electrons. The summed E-state index contributed by atoms with van der Waals surface area (Å²) in [7, 11) is -4.12. The zero-order chi connectivity index (χ0) is 85.0. The minimum absolute atomic E-state index is 0.00978. The van der Waals surface area contributed by atoms with Crippen molar-refractivity contribution in [2.24, 2.45) is 0 Å². The number of amides is 9. The van der Waals surface area contributed by atoms with Crippen LogP contribution < -0.4 is 69.7 Å². The molecule has 0 bridgehead atoms. The maximum atomic E-state index is 15.8. The first-order valence-electron chi connectivity index (χ1n) is 39.0. The van der Waals surface area contributed by atoms with Crippen molar-refractivity contribution < 1.29 is 108 Å². The molecule has 0 aliphatic carbocycles. The summed E-state index contributed by atoms with van der Waals surface area (Å²) in [5.74, 6) is -10.2. The van der Waals surface area contributed by atoms with Gasteiger partial charge in [0.1, 0.15) is 41.4 Å². The van der Waals surface area contributed by atoms with Crippen molar-refractivity contribution in [3.63, 3.8) is 0 Å². The Hall–Kier alpha value is -8.76. The molecule has 0 spiro atoms. The van der Waals surface area contributed by atoms with Crippen molar-refractivity contribution in [1.29, 1.82) is 0 Å². The third-order valence-corrected chi connectivity index (χ3v) is 22.6. The number of halogens is 4. The molecule has 9 amide bonds. The van der Waals surface area contributed by atoms with Gasteiger partial charge in [-0.15, -0.1) is 0 Å². The van der Waals surface area contributed by atoms with Gasteiger partial charge in [0.05, 0.1) is 51.2 Å². The number of carbonyl (C=O) groups is 10. The Balaban J connectivity index is 0.819. The van der Waals surface area contributed by atoms with Crippen LogP contribution in [0.1, 0.15) is 229 Å². The molecule has 4 aliphatic rings. The van der Waals surface area contributed by atoms with Crippen molar-refractivity contribution in [2.75, 3.05) is 39.3 Å². The first-order valence-corrected chi connectivity index (χ1v) is 39.0. The lowest BCUT2D eigenvalue weighted by atomic mass is 9.78. The number of carboxylic acid groups (broad SMARTS) is 1. The van der Waals surface area contributed by atoms with E-state index in [2.05, 4.69) is 47.9 Å². The average Bonchev–Trinajstić information content (AvgIpc) is 1.64. The van der Waals surface area contributed by atoms with Crippen LogP contribution in [0.5, 0.6) is 0 Å². The molecule has 0 radical (unpaired) electrons. The summed E-state index contributed by atoms with van der Waals surface area (Å²) in [6, 6.07) is 11.7. The van der Waals surface area contributed by atoms with Crippen molar-refractivity contribution in [3.05, 3.63) is 118 Å². The average molecular weight is 1610 g/mol. The highest BCUT2D eigenvalue weighted by atomic mass is 19.1. The lowest BCUT2D eigenvalue weighted by Gasteiger charge is -2.32. The third kappa shape index (κ3) is 23.8. The fraction of sp³-hybridized carbons (Fsp3) is 0.570. The van der Waals surface area contributed by atoms with E-state index in [0.29, 0.717) is 6.42 Å². The first kappa shape index (κ1) is 91.8. The van der Waals surface area contributed by atoms with Crippen molar-refractivity contribution in [1.82, 2.24) is 47.9 Å². The molecule has 10 N–H and O–H groups in total. The summed E-state index contributed by atoms with van der Waals surface area (Å²) in [5.41, 5.74) is -5.84. The molecule has 8 rings (SSSR count). The van der Waals surface area contributed by atoms with Gasteiger partial charge in [-0.1, -0.05) is 24.3 Å². The fourth-order valence-electron chi connectivity index (χ4n) is 12.5. The van der Waals surface area contributed by atoms with Gasteiger partial charge in [-0.2, -0.15) is 0 Å². The van der Waals surface area contributed by atoms with Crippen LogP contribution in [0.4, 0.5) is 17.6 Å². The largest absolute Gasteiger partial charge is 0.497 e. The molecule has 36 heteroatoms. The highest BCUT2D eigenvalue weighted by molar-refractivity contribution is 6.63. The van der Waals surface area contributed by atoms with Crippen LogP contribution in [0, 0.1) is 23.3 Å². The minimum atomic E-state index is -1.27. The zero-order valence-corrected chi connectivity index (χ0v) is 68.5. The van der Waals surface area contributed by atoms with Crippen LogP contribution in [0.3, 0.4) is 0 Å². The van der Waals surface area contributed by atoms with Crippen LogP contribution in [-0.2, 0) is 66.0 Å². The zero-order valence-electron chi connectivity index (χ0n) is 68.5. The normalized spacial score (nSPS) is 18.5. The molecule has 4 saturated heterocycles. The number of hydrogen-bond acceptors (Lipinski definition) is 18. The lowest BCUT2D eigenvalue weighted by Crippen LogP contribution is -2.49. The summed E-state index contributed by atoms with van der Waals surface area (Å²) < 4.78 is 110. The van der Waals surface area contributed by atoms with E-state index in [1.165, 1.54) is 48.5 Å². The van der Waals surface area contributed by atoms with E-state index >= 15 is 17.6 Å². The molecular weight excluding hydrogens is 1500 g/mol. The van der Waals surface area contributed by atoms with Gasteiger partial charge >= 0.3 is 34.4 Å². The number of benzene rings is 4. The second-order valence-electron chi connectivity index (χ2n) is 33.3. The molecule has 4 aliphatic heterocycles. The van der Waals surface area contributed by atoms with Crippen molar-refractivity contribution in [2.45, 2.75) is 251 Å². The number of carboxylic acids is 1. The molecular formula is C79H109B4F4N9O19. The fourth-order valence-corrected chi connectivity index (χ4v) is 12.5. The van der Waals surface area contributed by atoms with E-state index in [1.54, 1.807) is 27.7 Å². The maximum Gasteiger partial charge on any atom is 0.497 e. The summed E-state index contributed by atoms with van der Waals surface area (Å²) in [6.07, 6.45) is 0.572. The monoisotopic (exact) mass is 1610 g/mol. The predicted molar refractivity (Wildman–Crippen MR) is 423 cm³/mol. The summed E-state index contributed by atoms with van der Waals surface area (Å²) >= 11 is 0. The standard InChI is InChI=1S/C79H109B4F4N9O19/c1-72(2)73(3,4)109-80(108-72)51-30-26-47(43-55(51)84)65(101)89-38-21-18-24-60(95-67(103)49-28-32-53(57(86)45-49)82-112-76(9,10)77(11,12)113-82)70(106)91-40-34-62(97)88-37-20-17-23-59(69(105)93-42-36-64(99)100)94-63(98)35-41-92-71(107)61(96-68(104)50-29-33-54(58(87)46-50)83-114-78(13,14)79(15,16)115-83)25-19-22-39-90-66(102)48-27-31-52(56(85)44-48)81-110-74(5,6)75(7,8)111-81/h26-33,43-46,59-61H,17-25,34-42H2,1-16H3,(H,88,97)(H,89,101)(H,90,102)(H,91,106)(H,92,107)(H,93,105)(H,94,98)(H,95,103)(H,96,104)(H,99,100)/t59-,60-,61-/m0/s1. The van der Waals surface area contributed by atoms with Gasteiger partial charge in [0.15, 0.2) is 0 Å². The smallest absolute Gasteiger partial charge is 0.481 e. The summed E-state index contributed by atoms with van der Waals surface area (Å²) in [6.45, 7) is 28.6. The van der Waals surface area contributed by atoms with E-state index in [1.807, 2.05) is 83.1 Å². The van der Waals surface area contributed by atoms with E-state index < -0.39 is 180 Å². The molecule has 0 saturated carbocycles. The first-order chi connectivity index (χ1) is 53.6. The Morgan fingerprint density at radius 3 is 0.826 bits per heavy atom. The van der Waals surface area contributed by atoms with Crippen LogP contribution in [0.25, 0.3) is 0 Å². The van der Waals surface area contributed by atoms with Gasteiger partial charge < -0.3 is 90.2 Å². The molecule has 28 nitrogen and oxygen atoms in total. The molecule has 4 fully saturated rings. The molecule has 4 aromatic rings. The Kier molecular flexibility index (Phi) is 30.4. The topological polar surface area (TPSA) is 373 Å². The molecule has 115 heavy (non-hydrogen) atoms. The number of nitrogens with one attached hydrogen (secondary N) is 9. The quantitative estimate of drug-likeness (QED) is 0.0162. The second-order valence-corrected chi connectivity index (χ2v) is 33.3. The van der Waals surface area contributed by atoms with Gasteiger partial charge in [0.2, 0.25) is 29.5 Å². The van der Waals surface area contributed by atoms with Crippen LogP contribution in [-0.4, -0.2) is 195 Å². The number of carbonyl (C=O) groups excluding carboxylic acids is 9. The Morgan fingerprint density at radius 2 is 0.557 bits per heavy atom. The third-order valence-electron chi connectivity index (χ3n) is 22.6. The number of hydrogen-bond donors (Lipinski definition) is 10.